The Labute approximate surface area is 106 Å². The number of hydrogen-bond acceptors (Lipinski definition) is 5. The number of anilines is 2. The van der Waals surface area contributed by atoms with Crippen molar-refractivity contribution in [2.24, 2.45) is 0 Å². The quantitative estimate of drug-likeness (QED) is 0.841. The van der Waals surface area contributed by atoms with Crippen LogP contribution in [0.2, 0.25) is 0 Å². The maximum Gasteiger partial charge on any atom is 0.181 e. The molecular weight excluding hydrogens is 228 g/mol. The lowest BCUT2D eigenvalue weighted by Crippen LogP contribution is -2.20. The molecule has 0 unspecified atom stereocenters. The Bertz CT molecular complexity index is 489. The maximum atomic E-state index is 6.08. The number of hydrogen-bond donors (Lipinski definition) is 2. The van der Waals surface area contributed by atoms with Gasteiger partial charge in [-0.1, -0.05) is 13.8 Å². The minimum atomic E-state index is 0.368. The fourth-order valence-corrected chi connectivity index (χ4v) is 1.76. The molecule has 2 aromatic heterocycles. The first-order chi connectivity index (χ1) is 8.76. The van der Waals surface area contributed by atoms with Crippen LogP contribution >= 0.6 is 0 Å². The van der Waals surface area contributed by atoms with Crippen LogP contribution in [0.3, 0.4) is 0 Å². The zero-order valence-electron chi connectivity index (χ0n) is 10.7. The monoisotopic (exact) mass is 246 g/mol. The van der Waals surface area contributed by atoms with E-state index < -0.39 is 0 Å². The standard InChI is InChI=1S/C12H18N6/c1-3-9(4-2)17-11-10(13)12(15-8-14-11)18-7-5-6-16-18/h5-9H,3-4,13H2,1-2H3,(H,14,15,17). The molecule has 0 radical (unpaired) electrons. The van der Waals surface area contributed by atoms with Crippen molar-refractivity contribution in [2.75, 3.05) is 11.1 Å². The van der Waals surface area contributed by atoms with Gasteiger partial charge in [0.2, 0.25) is 0 Å². The SMILES string of the molecule is CCC(CC)Nc1ncnc(-n2cccn2)c1N. The molecule has 0 atom stereocenters. The first kappa shape index (κ1) is 12.3. The van der Waals surface area contributed by atoms with Gasteiger partial charge in [0.05, 0.1) is 0 Å². The molecule has 6 nitrogen and oxygen atoms in total. The summed E-state index contributed by atoms with van der Waals surface area (Å²) in [6.07, 6.45) is 7.04. The average Bonchev–Trinajstić information content (AvgIpc) is 2.91. The van der Waals surface area contributed by atoms with Crippen LogP contribution in [-0.2, 0) is 0 Å². The molecule has 0 saturated heterocycles. The fourth-order valence-electron chi connectivity index (χ4n) is 1.76. The van der Waals surface area contributed by atoms with Gasteiger partial charge >= 0.3 is 0 Å². The van der Waals surface area contributed by atoms with Gasteiger partial charge in [-0.3, -0.25) is 0 Å². The van der Waals surface area contributed by atoms with Gasteiger partial charge in [0.25, 0.3) is 0 Å². The van der Waals surface area contributed by atoms with Crippen molar-refractivity contribution in [1.29, 1.82) is 0 Å². The summed E-state index contributed by atoms with van der Waals surface area (Å²) in [6, 6.07) is 2.20. The normalized spacial score (nSPS) is 10.8. The zero-order chi connectivity index (χ0) is 13.0. The molecule has 0 aromatic carbocycles. The van der Waals surface area contributed by atoms with Gasteiger partial charge in [0.15, 0.2) is 11.6 Å². The van der Waals surface area contributed by atoms with Gasteiger partial charge in [-0.25, -0.2) is 14.6 Å². The predicted octanol–water partition coefficient (Wildman–Crippen LogP) is 1.84. The summed E-state index contributed by atoms with van der Waals surface area (Å²) in [5.41, 5.74) is 6.61. The number of aromatic nitrogens is 4. The van der Waals surface area contributed by atoms with E-state index in [0.717, 1.165) is 12.8 Å². The molecule has 0 aliphatic rings. The van der Waals surface area contributed by atoms with E-state index in [-0.39, 0.29) is 0 Å². The minimum Gasteiger partial charge on any atom is -0.393 e. The van der Waals surface area contributed by atoms with E-state index in [4.69, 9.17) is 5.73 Å². The van der Waals surface area contributed by atoms with Crippen molar-refractivity contribution in [2.45, 2.75) is 32.7 Å². The molecule has 96 valence electrons. The molecule has 0 spiro atoms. The van der Waals surface area contributed by atoms with E-state index >= 15 is 0 Å². The summed E-state index contributed by atoms with van der Waals surface area (Å²) in [5.74, 6) is 1.27. The Morgan fingerprint density at radius 2 is 2.11 bits per heavy atom. The summed E-state index contributed by atoms with van der Waals surface area (Å²) in [7, 11) is 0. The molecule has 2 heterocycles. The molecule has 0 amide bonds. The summed E-state index contributed by atoms with van der Waals surface area (Å²) in [5, 5.41) is 7.46. The Hall–Kier alpha value is -2.11. The van der Waals surface area contributed by atoms with Gasteiger partial charge < -0.3 is 11.1 Å². The number of nitrogens with zero attached hydrogens (tertiary/aromatic N) is 4. The topological polar surface area (TPSA) is 81.7 Å². The molecule has 3 N–H and O–H groups in total. The summed E-state index contributed by atoms with van der Waals surface area (Å²) in [6.45, 7) is 4.26. The third kappa shape index (κ3) is 2.42. The summed E-state index contributed by atoms with van der Waals surface area (Å²) >= 11 is 0. The minimum absolute atomic E-state index is 0.368. The van der Waals surface area contributed by atoms with Crippen LogP contribution in [-0.4, -0.2) is 25.8 Å². The maximum absolute atomic E-state index is 6.08. The van der Waals surface area contributed by atoms with Crippen molar-refractivity contribution in [3.8, 4) is 5.82 Å². The van der Waals surface area contributed by atoms with Gasteiger partial charge in [-0.05, 0) is 18.9 Å². The third-order valence-corrected chi connectivity index (χ3v) is 2.91. The lowest BCUT2D eigenvalue weighted by Gasteiger charge is -2.17. The Balaban J connectivity index is 2.30. The lowest BCUT2D eigenvalue weighted by molar-refractivity contribution is 0.668. The Kier molecular flexibility index (Phi) is 3.76. The highest BCUT2D eigenvalue weighted by Crippen LogP contribution is 2.22. The van der Waals surface area contributed by atoms with Gasteiger partial charge in [0, 0.05) is 18.4 Å². The second-order valence-electron chi connectivity index (χ2n) is 4.07. The van der Waals surface area contributed by atoms with E-state index in [2.05, 4.69) is 34.2 Å². The molecule has 0 fully saturated rings. The van der Waals surface area contributed by atoms with Crippen molar-refractivity contribution >= 4 is 11.5 Å². The predicted molar refractivity (Wildman–Crippen MR) is 71.6 cm³/mol. The molecule has 2 aromatic rings. The second kappa shape index (κ2) is 5.48. The molecule has 0 aliphatic carbocycles. The van der Waals surface area contributed by atoms with Crippen LogP contribution in [0.4, 0.5) is 11.5 Å². The molecule has 2 rings (SSSR count). The zero-order valence-corrected chi connectivity index (χ0v) is 10.7. The van der Waals surface area contributed by atoms with Crippen LogP contribution in [0.15, 0.2) is 24.8 Å². The Morgan fingerprint density at radius 3 is 2.72 bits per heavy atom. The lowest BCUT2D eigenvalue weighted by atomic mass is 10.2. The van der Waals surface area contributed by atoms with E-state index in [1.54, 1.807) is 17.1 Å². The average molecular weight is 246 g/mol. The smallest absolute Gasteiger partial charge is 0.181 e. The molecule has 0 saturated carbocycles. The van der Waals surface area contributed by atoms with Gasteiger partial charge in [-0.2, -0.15) is 5.10 Å². The van der Waals surface area contributed by atoms with Crippen molar-refractivity contribution < 1.29 is 0 Å². The van der Waals surface area contributed by atoms with Crippen LogP contribution in [0.25, 0.3) is 5.82 Å². The highest BCUT2D eigenvalue weighted by atomic mass is 15.3. The van der Waals surface area contributed by atoms with Crippen molar-refractivity contribution in [3.05, 3.63) is 24.8 Å². The highest BCUT2D eigenvalue weighted by molar-refractivity contribution is 5.69. The molecule has 0 aliphatic heterocycles. The molecular formula is C12H18N6. The Morgan fingerprint density at radius 1 is 1.33 bits per heavy atom. The summed E-state index contributed by atoms with van der Waals surface area (Å²) in [4.78, 5) is 8.36. The number of nitrogens with one attached hydrogen (secondary N) is 1. The largest absolute Gasteiger partial charge is 0.393 e. The van der Waals surface area contributed by atoms with Crippen LogP contribution in [0.5, 0.6) is 0 Å². The first-order valence-electron chi connectivity index (χ1n) is 6.13. The molecule has 18 heavy (non-hydrogen) atoms. The van der Waals surface area contributed by atoms with Gasteiger partial charge in [-0.15, -0.1) is 0 Å². The van der Waals surface area contributed by atoms with Gasteiger partial charge in [0.1, 0.15) is 12.0 Å². The number of rotatable bonds is 5. The fraction of sp³-hybridized carbons (Fsp3) is 0.417. The van der Waals surface area contributed by atoms with Crippen molar-refractivity contribution in [1.82, 2.24) is 19.7 Å². The van der Waals surface area contributed by atoms with Crippen LogP contribution in [0.1, 0.15) is 26.7 Å². The second-order valence-corrected chi connectivity index (χ2v) is 4.07. The first-order valence-corrected chi connectivity index (χ1v) is 6.13. The van der Waals surface area contributed by atoms with Crippen molar-refractivity contribution in [3.63, 3.8) is 0 Å². The van der Waals surface area contributed by atoms with E-state index in [1.165, 1.54) is 6.33 Å². The van der Waals surface area contributed by atoms with E-state index in [0.29, 0.717) is 23.4 Å². The summed E-state index contributed by atoms with van der Waals surface area (Å²) < 4.78 is 1.63. The number of nitrogens with two attached hydrogens (primary N) is 1. The highest BCUT2D eigenvalue weighted by Gasteiger charge is 2.12. The van der Waals surface area contributed by atoms with E-state index in [9.17, 15) is 0 Å². The number of nitrogen functional groups attached to an aromatic ring is 1. The van der Waals surface area contributed by atoms with Crippen LogP contribution < -0.4 is 11.1 Å². The van der Waals surface area contributed by atoms with E-state index in [1.807, 2.05) is 6.07 Å². The third-order valence-electron chi connectivity index (χ3n) is 2.91. The molecule has 6 heteroatoms. The van der Waals surface area contributed by atoms with Crippen LogP contribution in [0, 0.1) is 0 Å². The molecule has 0 bridgehead atoms.